The van der Waals surface area contributed by atoms with Gasteiger partial charge in [-0.2, -0.15) is 17.7 Å². The number of halogens is 1. The van der Waals surface area contributed by atoms with Crippen molar-refractivity contribution in [1.29, 1.82) is 0 Å². The second kappa shape index (κ2) is 12.0. The molecule has 0 amide bonds. The molecule has 2 aromatic heterocycles. The molecule has 3 rings (SSSR count). The topological polar surface area (TPSA) is 100 Å². The van der Waals surface area contributed by atoms with Crippen molar-refractivity contribution < 1.29 is 61.6 Å². The van der Waals surface area contributed by atoms with Crippen LogP contribution in [0.1, 0.15) is 16.7 Å². The Morgan fingerprint density at radius 3 is 2.69 bits per heavy atom. The predicted molar refractivity (Wildman–Crippen MR) is 109 cm³/mol. The van der Waals surface area contributed by atoms with Crippen LogP contribution in [0.2, 0.25) is 5.02 Å². The summed E-state index contributed by atoms with van der Waals surface area (Å²) < 4.78 is 7.03. The first-order valence-electron chi connectivity index (χ1n) is 8.64. The van der Waals surface area contributed by atoms with Crippen molar-refractivity contribution in [1.82, 2.24) is 9.55 Å². The van der Waals surface area contributed by atoms with Gasteiger partial charge in [-0.05, 0) is 29.1 Å². The molecule has 0 radical (unpaired) electrons. The molecule has 0 spiro atoms. The molecule has 2 heterocycles. The van der Waals surface area contributed by atoms with Crippen LogP contribution >= 0.6 is 11.6 Å². The molecule has 0 bridgehead atoms. The summed E-state index contributed by atoms with van der Waals surface area (Å²) in [4.78, 5) is 16.3. The summed E-state index contributed by atoms with van der Waals surface area (Å²) in [5.74, 6) is 0.530. The van der Waals surface area contributed by atoms with Gasteiger partial charge >= 0.3 is 51.4 Å². The third kappa shape index (κ3) is 6.47. The Morgan fingerprint density at radius 1 is 1.31 bits per heavy atom. The predicted octanol–water partition coefficient (Wildman–Crippen LogP) is -0.0352. The maximum atomic E-state index is 11.8. The van der Waals surface area contributed by atoms with Crippen molar-refractivity contribution >= 4 is 11.6 Å². The average Bonchev–Trinajstić information content (AvgIpc) is 2.68. The van der Waals surface area contributed by atoms with Gasteiger partial charge in [0.25, 0.3) is 5.56 Å². The fourth-order valence-corrected chi connectivity index (χ4v) is 2.94. The summed E-state index contributed by atoms with van der Waals surface area (Å²) in [5, 5.41) is 0.561. The summed E-state index contributed by atoms with van der Waals surface area (Å²) in [6.45, 7) is 2.79. The first-order valence-corrected chi connectivity index (χ1v) is 9.02. The van der Waals surface area contributed by atoms with E-state index in [0.29, 0.717) is 30.3 Å². The van der Waals surface area contributed by atoms with Gasteiger partial charge in [0.05, 0.1) is 12.3 Å². The number of aryl methyl sites for hydroxylation is 1. The molecular weight excluding hydrogens is 417 g/mol. The summed E-state index contributed by atoms with van der Waals surface area (Å²) in [6.07, 6.45) is 4.24. The Morgan fingerprint density at radius 2 is 2.07 bits per heavy atom. The van der Waals surface area contributed by atoms with Crippen molar-refractivity contribution in [2.45, 2.75) is 13.3 Å². The number of hydrogen-bond acceptors (Lipinski definition) is 5. The second-order valence-corrected chi connectivity index (χ2v) is 6.69. The zero-order valence-electron chi connectivity index (χ0n) is 16.8. The minimum atomic E-state index is -0.0591. The van der Waals surface area contributed by atoms with Crippen LogP contribution in [-0.4, -0.2) is 28.2 Å². The van der Waals surface area contributed by atoms with Crippen LogP contribution in [0.4, 0.5) is 0 Å². The van der Waals surface area contributed by atoms with Gasteiger partial charge in [-0.3, -0.25) is 9.78 Å². The third-order valence-electron chi connectivity index (χ3n) is 4.37. The molecular formula is C21H22ClKN3O3-. The third-order valence-corrected chi connectivity index (χ3v) is 4.83. The number of nitrogens with two attached hydrogens (primary N) is 1. The van der Waals surface area contributed by atoms with E-state index in [4.69, 9.17) is 22.1 Å². The maximum absolute atomic E-state index is 11.8. The van der Waals surface area contributed by atoms with Gasteiger partial charge in [0, 0.05) is 43.4 Å². The van der Waals surface area contributed by atoms with Crippen LogP contribution < -0.4 is 67.4 Å². The van der Waals surface area contributed by atoms with Crippen LogP contribution in [0, 0.1) is 13.0 Å². The molecule has 0 aliphatic heterocycles. The van der Waals surface area contributed by atoms with E-state index in [2.05, 4.69) is 11.1 Å². The molecule has 29 heavy (non-hydrogen) atoms. The minimum absolute atomic E-state index is 0. The molecule has 6 nitrogen and oxygen atoms in total. The standard InChI is InChI=1S/C21H21ClN3O2.K.H2O/c1-14-16(4-6-19(21(14)22)27-10-8-23)11-15-3-5-18(24-13-15)17-7-9-25(2)20(26)12-17;;/h3-5,7,9,12-13H,8,10-11,23H2,1-2H3;;1H2/q-1;+1;/p-1. The average molecular weight is 439 g/mol. The Hall–Kier alpha value is -1.03. The number of ether oxygens (including phenoxy) is 1. The Balaban J connectivity index is 0.00000210. The van der Waals surface area contributed by atoms with Crippen LogP contribution in [0.25, 0.3) is 11.3 Å². The van der Waals surface area contributed by atoms with E-state index in [1.54, 1.807) is 19.3 Å². The number of pyridine rings is 2. The van der Waals surface area contributed by atoms with Crippen LogP contribution in [0.3, 0.4) is 0 Å². The zero-order valence-corrected chi connectivity index (χ0v) is 20.7. The largest absolute Gasteiger partial charge is 1.00 e. The van der Waals surface area contributed by atoms with Crippen molar-refractivity contribution in [3.05, 3.63) is 80.9 Å². The van der Waals surface area contributed by atoms with E-state index < -0.39 is 0 Å². The number of nitrogens with zero attached hydrogens (tertiary/aromatic N) is 2. The van der Waals surface area contributed by atoms with Gasteiger partial charge < -0.3 is 20.5 Å². The van der Waals surface area contributed by atoms with Crippen molar-refractivity contribution in [2.24, 2.45) is 12.8 Å². The molecule has 0 aliphatic rings. The first kappa shape index (κ1) is 26.0. The van der Waals surface area contributed by atoms with Gasteiger partial charge in [0.2, 0.25) is 0 Å². The molecule has 3 aromatic rings. The molecule has 0 unspecified atom stereocenters. The van der Waals surface area contributed by atoms with Crippen molar-refractivity contribution in [2.75, 3.05) is 13.2 Å². The number of aromatic nitrogens is 2. The van der Waals surface area contributed by atoms with E-state index in [1.807, 2.05) is 37.4 Å². The van der Waals surface area contributed by atoms with E-state index in [0.717, 1.165) is 27.9 Å². The first-order chi connectivity index (χ1) is 13.0. The molecule has 8 heteroatoms. The smallest absolute Gasteiger partial charge is 0.870 e. The van der Waals surface area contributed by atoms with Crippen molar-refractivity contribution in [3.8, 4) is 17.0 Å². The van der Waals surface area contributed by atoms with E-state index >= 15 is 0 Å². The van der Waals surface area contributed by atoms with Crippen LogP contribution in [0.15, 0.2) is 47.5 Å². The summed E-state index contributed by atoms with van der Waals surface area (Å²) in [7, 11) is 1.72. The monoisotopic (exact) mass is 438 g/mol. The second-order valence-electron chi connectivity index (χ2n) is 6.31. The van der Waals surface area contributed by atoms with Crippen molar-refractivity contribution in [3.63, 3.8) is 0 Å². The Labute approximate surface area is 217 Å². The van der Waals surface area contributed by atoms with Gasteiger partial charge in [0.1, 0.15) is 0 Å². The fraction of sp³-hybridized carbons (Fsp3) is 0.238. The number of benzene rings is 1. The zero-order chi connectivity index (χ0) is 19.4. The van der Waals surface area contributed by atoms with Gasteiger partial charge in [-0.15, -0.1) is 17.2 Å². The molecule has 0 aliphatic carbocycles. The quantitative estimate of drug-likeness (QED) is 0.430. The molecule has 0 fully saturated rings. The number of hydrogen-bond donors (Lipinski definition) is 1. The fourth-order valence-electron chi connectivity index (χ4n) is 2.71. The summed E-state index contributed by atoms with van der Waals surface area (Å²) in [5.41, 5.74) is 10.0. The normalized spacial score (nSPS) is 10.1. The van der Waals surface area contributed by atoms with Gasteiger partial charge in [-0.25, -0.2) is 0 Å². The maximum Gasteiger partial charge on any atom is 1.00 e. The SMILES string of the molecule is Cc1c(Cc2ccc(-c3ccn(C)c(=O)c3)nc2)c[c-]c(OCCN)c1Cl.[K+].[OH-]. The summed E-state index contributed by atoms with van der Waals surface area (Å²) in [6, 6.07) is 12.4. The molecule has 0 atom stereocenters. The van der Waals surface area contributed by atoms with Gasteiger partial charge in [0.15, 0.2) is 0 Å². The number of rotatable bonds is 6. The van der Waals surface area contributed by atoms with E-state index in [1.165, 1.54) is 4.57 Å². The van der Waals surface area contributed by atoms with Crippen LogP contribution in [-0.2, 0) is 13.5 Å². The molecule has 1 aromatic carbocycles. The van der Waals surface area contributed by atoms with Gasteiger partial charge in [-0.1, -0.05) is 13.0 Å². The minimum Gasteiger partial charge on any atom is -0.870 e. The Kier molecular flexibility index (Phi) is 10.7. The molecule has 0 saturated heterocycles. The molecule has 0 saturated carbocycles. The van der Waals surface area contributed by atoms with E-state index in [-0.39, 0.29) is 62.4 Å². The summed E-state index contributed by atoms with van der Waals surface area (Å²) >= 11 is 6.39. The molecule has 148 valence electrons. The Bertz CT molecular complexity index is 1010. The van der Waals surface area contributed by atoms with E-state index in [9.17, 15) is 4.79 Å². The molecule has 3 N–H and O–H groups in total. The van der Waals surface area contributed by atoms with Crippen LogP contribution in [0.5, 0.6) is 5.75 Å².